The second kappa shape index (κ2) is 12.4. The lowest BCUT2D eigenvalue weighted by atomic mass is 9.99. The van der Waals surface area contributed by atoms with Gasteiger partial charge in [-0.3, -0.25) is 14.4 Å². The molecule has 2 aliphatic rings. The molecule has 228 valence electrons. The molecule has 2 heterocycles. The molecule has 4 amide bonds. The van der Waals surface area contributed by atoms with E-state index in [2.05, 4.69) is 5.32 Å². The van der Waals surface area contributed by atoms with Gasteiger partial charge in [0.1, 0.15) is 11.4 Å². The molecule has 41 heavy (non-hydrogen) atoms. The van der Waals surface area contributed by atoms with E-state index in [1.54, 1.807) is 44.4 Å². The Kier molecular flexibility index (Phi) is 9.77. The minimum atomic E-state index is -3.19. The van der Waals surface area contributed by atoms with Crippen molar-refractivity contribution in [3.8, 4) is 5.75 Å². The highest BCUT2D eigenvalue weighted by molar-refractivity contribution is 6.34. The third-order valence-corrected chi connectivity index (χ3v) is 7.07. The van der Waals surface area contributed by atoms with E-state index < -0.39 is 41.4 Å². The van der Waals surface area contributed by atoms with Crippen molar-refractivity contribution in [2.45, 2.75) is 91.0 Å². The predicted octanol–water partition coefficient (Wildman–Crippen LogP) is 4.48. The summed E-state index contributed by atoms with van der Waals surface area (Å²) in [6.07, 6.45) is -2.29. The lowest BCUT2D eigenvalue weighted by Crippen LogP contribution is -2.55. The first-order valence-corrected chi connectivity index (χ1v) is 14.0. The van der Waals surface area contributed by atoms with E-state index in [1.165, 1.54) is 17.0 Å². The summed E-state index contributed by atoms with van der Waals surface area (Å²) in [5.41, 5.74) is -1.61. The summed E-state index contributed by atoms with van der Waals surface area (Å²) in [7, 11) is 0. The molecule has 1 atom stereocenters. The monoisotopic (exact) mass is 600 g/mol. The molecule has 1 aromatic rings. The third-order valence-electron chi connectivity index (χ3n) is 6.76. The van der Waals surface area contributed by atoms with Gasteiger partial charge in [0.25, 0.3) is 17.7 Å². The van der Waals surface area contributed by atoms with Crippen LogP contribution in [0, 0.1) is 0 Å². The molecule has 0 saturated carbocycles. The topological polar surface area (TPSA) is 108 Å². The number of rotatable bonds is 7. The second-order valence-corrected chi connectivity index (χ2v) is 12.4. The molecule has 13 heteroatoms. The van der Waals surface area contributed by atoms with Crippen molar-refractivity contribution in [2.24, 2.45) is 0 Å². The van der Waals surface area contributed by atoms with Crippen LogP contribution in [0.15, 0.2) is 12.1 Å². The van der Waals surface area contributed by atoms with Gasteiger partial charge in [0, 0.05) is 38.3 Å². The summed E-state index contributed by atoms with van der Waals surface area (Å²) in [6.45, 7) is 12.6. The number of carbonyl (C=O) groups is 4. The quantitative estimate of drug-likeness (QED) is 0.495. The number of amides is 4. The SMILES string of the molecule is CC(C)N(C(=O)c1cc2c(cc1Cl)OC(C)(C)C(=O)N2CCNC(=O)C(F)F)[C@@H]1CCCN(C(=O)OC(C)(C)C)C1. The molecule has 2 aliphatic heterocycles. The molecule has 1 aromatic carbocycles. The molecule has 0 spiro atoms. The molecule has 1 saturated heterocycles. The number of nitrogens with one attached hydrogen (secondary N) is 1. The van der Waals surface area contributed by atoms with Gasteiger partial charge < -0.3 is 29.5 Å². The second-order valence-electron chi connectivity index (χ2n) is 12.0. The molecule has 0 aromatic heterocycles. The lowest BCUT2D eigenvalue weighted by molar-refractivity contribution is -0.133. The molecule has 1 N–H and O–H groups in total. The average molecular weight is 601 g/mol. The number of alkyl halides is 2. The standard InChI is InChI=1S/C28H39ClF2N4O6/c1-16(2)35(17-9-8-11-33(15-17)26(39)41-27(3,4)5)24(37)18-13-20-21(14-19(18)29)40-28(6,7)25(38)34(20)12-10-32-23(36)22(30)31/h13-14,16-17,22H,8-12,15H2,1-7H3,(H,32,36)/t17-/m1/s1. The summed E-state index contributed by atoms with van der Waals surface area (Å²) in [6, 6.07) is 2.34. The Labute approximate surface area is 244 Å². The highest BCUT2D eigenvalue weighted by Gasteiger charge is 2.42. The van der Waals surface area contributed by atoms with E-state index in [4.69, 9.17) is 21.1 Å². The zero-order chi connectivity index (χ0) is 30.9. The van der Waals surface area contributed by atoms with E-state index in [0.29, 0.717) is 19.4 Å². The van der Waals surface area contributed by atoms with Gasteiger partial charge in [0.15, 0.2) is 5.60 Å². The van der Waals surface area contributed by atoms with Crippen LogP contribution in [0.4, 0.5) is 19.3 Å². The number of hydrogen-bond donors (Lipinski definition) is 1. The zero-order valence-corrected chi connectivity index (χ0v) is 25.3. The maximum Gasteiger partial charge on any atom is 0.410 e. The number of anilines is 1. The predicted molar refractivity (Wildman–Crippen MR) is 150 cm³/mol. The van der Waals surface area contributed by atoms with Crippen molar-refractivity contribution in [1.29, 1.82) is 0 Å². The van der Waals surface area contributed by atoms with Crippen LogP contribution < -0.4 is 15.0 Å². The Balaban J connectivity index is 1.92. The van der Waals surface area contributed by atoms with Crippen molar-refractivity contribution >= 4 is 41.1 Å². The van der Waals surface area contributed by atoms with Gasteiger partial charge in [-0.1, -0.05) is 11.6 Å². The summed E-state index contributed by atoms with van der Waals surface area (Å²) >= 11 is 6.60. The number of halogens is 3. The van der Waals surface area contributed by atoms with Crippen molar-refractivity contribution in [3.63, 3.8) is 0 Å². The number of likely N-dealkylation sites (tertiary alicyclic amines) is 1. The first kappa shape index (κ1) is 32.4. The summed E-state index contributed by atoms with van der Waals surface area (Å²) in [5.74, 6) is -2.08. The molecule has 3 rings (SSSR count). The van der Waals surface area contributed by atoms with E-state index in [1.807, 2.05) is 13.8 Å². The van der Waals surface area contributed by atoms with E-state index in [9.17, 15) is 28.0 Å². The Bertz CT molecular complexity index is 1190. The van der Waals surface area contributed by atoms with Gasteiger partial charge in [-0.25, -0.2) is 4.79 Å². The molecule has 10 nitrogen and oxygen atoms in total. The van der Waals surface area contributed by atoms with Crippen LogP contribution in [0.5, 0.6) is 5.75 Å². The third kappa shape index (κ3) is 7.58. The molecular weight excluding hydrogens is 562 g/mol. The minimum Gasteiger partial charge on any atom is -0.476 e. The van der Waals surface area contributed by atoms with Crippen LogP contribution in [0.25, 0.3) is 0 Å². The molecule has 0 unspecified atom stereocenters. The highest BCUT2D eigenvalue weighted by atomic mass is 35.5. The van der Waals surface area contributed by atoms with Gasteiger partial charge in [0.2, 0.25) is 0 Å². The molecule has 0 radical (unpaired) electrons. The van der Waals surface area contributed by atoms with Gasteiger partial charge in [-0.15, -0.1) is 0 Å². The Hall–Kier alpha value is -3.15. The fourth-order valence-electron chi connectivity index (χ4n) is 4.98. The zero-order valence-electron chi connectivity index (χ0n) is 24.6. The highest BCUT2D eigenvalue weighted by Crippen LogP contribution is 2.41. The fourth-order valence-corrected chi connectivity index (χ4v) is 5.21. The van der Waals surface area contributed by atoms with Gasteiger partial charge in [-0.2, -0.15) is 8.78 Å². The maximum atomic E-state index is 14.0. The van der Waals surface area contributed by atoms with Crippen molar-refractivity contribution in [1.82, 2.24) is 15.1 Å². The molecule has 0 bridgehead atoms. The van der Waals surface area contributed by atoms with Crippen LogP contribution in [-0.2, 0) is 14.3 Å². The number of carbonyl (C=O) groups excluding carboxylic acids is 4. The maximum absolute atomic E-state index is 14.0. The van der Waals surface area contributed by atoms with Gasteiger partial charge >= 0.3 is 12.5 Å². The van der Waals surface area contributed by atoms with Crippen LogP contribution in [0.2, 0.25) is 5.02 Å². The smallest absolute Gasteiger partial charge is 0.410 e. The number of hydrogen-bond acceptors (Lipinski definition) is 6. The Morgan fingerprint density at radius 2 is 1.90 bits per heavy atom. The Morgan fingerprint density at radius 3 is 2.49 bits per heavy atom. The van der Waals surface area contributed by atoms with E-state index in [-0.39, 0.29) is 53.7 Å². The molecular formula is C28H39ClF2N4O6. The minimum absolute atomic E-state index is 0.107. The lowest BCUT2D eigenvalue weighted by Gasteiger charge is -2.42. The number of piperidine rings is 1. The number of fused-ring (bicyclic) bond motifs is 1. The van der Waals surface area contributed by atoms with E-state index >= 15 is 0 Å². The van der Waals surface area contributed by atoms with Gasteiger partial charge in [0.05, 0.1) is 22.3 Å². The average Bonchev–Trinajstić information content (AvgIpc) is 2.84. The van der Waals surface area contributed by atoms with Crippen molar-refractivity contribution < 1.29 is 37.4 Å². The molecule has 0 aliphatic carbocycles. The first-order valence-electron chi connectivity index (χ1n) is 13.6. The van der Waals surface area contributed by atoms with Crippen molar-refractivity contribution in [3.05, 3.63) is 22.7 Å². The first-order chi connectivity index (χ1) is 18.9. The van der Waals surface area contributed by atoms with Crippen LogP contribution in [-0.4, -0.2) is 89.5 Å². The summed E-state index contributed by atoms with van der Waals surface area (Å²) < 4.78 is 36.7. The number of benzene rings is 1. The number of nitrogens with zero attached hydrogens (tertiary/aromatic N) is 3. The number of ether oxygens (including phenoxy) is 2. The Morgan fingerprint density at radius 1 is 1.24 bits per heavy atom. The largest absolute Gasteiger partial charge is 0.476 e. The van der Waals surface area contributed by atoms with Crippen LogP contribution in [0.3, 0.4) is 0 Å². The van der Waals surface area contributed by atoms with Crippen molar-refractivity contribution in [2.75, 3.05) is 31.1 Å². The summed E-state index contributed by atoms with van der Waals surface area (Å²) in [4.78, 5) is 55.9. The van der Waals surface area contributed by atoms with Crippen LogP contribution >= 0.6 is 11.6 Å². The fraction of sp³-hybridized carbons (Fsp3) is 0.643. The van der Waals surface area contributed by atoms with Gasteiger partial charge in [-0.05, 0) is 67.4 Å². The summed E-state index contributed by atoms with van der Waals surface area (Å²) in [5, 5.41) is 2.20. The normalized spacial score (nSPS) is 18.6. The molecule has 1 fully saturated rings. The van der Waals surface area contributed by atoms with E-state index in [0.717, 1.165) is 0 Å². The van der Waals surface area contributed by atoms with Crippen LogP contribution in [0.1, 0.15) is 71.7 Å².